The third-order valence-electron chi connectivity index (χ3n) is 4.73. The zero-order chi connectivity index (χ0) is 19.7. The highest BCUT2D eigenvalue weighted by Crippen LogP contribution is 2.50. The maximum absolute atomic E-state index is 13.2. The molecule has 0 saturated carbocycles. The smallest absolute Gasteiger partial charge is 0.292 e. The quantitative estimate of drug-likeness (QED) is 0.608. The van der Waals surface area contributed by atoms with Crippen molar-refractivity contribution in [2.75, 3.05) is 31.3 Å². The predicted molar refractivity (Wildman–Crippen MR) is 109 cm³/mol. The van der Waals surface area contributed by atoms with Crippen molar-refractivity contribution >= 4 is 46.4 Å². The van der Waals surface area contributed by atoms with E-state index in [1.54, 1.807) is 41.3 Å². The number of anilines is 1. The Hall–Kier alpha value is -1.50. The van der Waals surface area contributed by atoms with Crippen LogP contribution in [0.2, 0.25) is 15.1 Å². The molecule has 5 nitrogen and oxygen atoms in total. The Balaban J connectivity index is 1.51. The minimum Gasteiger partial charge on any atom is -0.494 e. The fraction of sp³-hybridized carbons (Fsp3) is 0.350. The lowest BCUT2D eigenvalue weighted by atomic mass is 10.1. The number of carbonyl (C=O) groups excluding carboxylic acids is 1. The number of hydrogen-bond acceptors (Lipinski definition) is 4. The van der Waals surface area contributed by atoms with E-state index in [-0.39, 0.29) is 5.91 Å². The minimum atomic E-state index is -1.43. The van der Waals surface area contributed by atoms with Gasteiger partial charge in [-0.15, -0.1) is 0 Å². The zero-order valence-electron chi connectivity index (χ0n) is 14.9. The average Bonchev–Trinajstić information content (AvgIpc) is 2.93. The molecule has 1 spiro atoms. The molecule has 2 aliphatic rings. The Kier molecular flexibility index (Phi) is 5.72. The Bertz CT molecular complexity index is 882. The molecule has 0 N–H and O–H groups in total. The van der Waals surface area contributed by atoms with Gasteiger partial charge in [0.05, 0.1) is 35.6 Å². The standard InChI is InChI=1S/C20H18Cl3NO4/c21-13-3-5-14(6-4-13)26-10-1-9-24-18-15(7-8-16(22)17(18)23)20(19(24)25)27-11-2-12-28-20/h3-8H,1-2,9-12H2. The summed E-state index contributed by atoms with van der Waals surface area (Å²) in [5, 5.41) is 1.35. The van der Waals surface area contributed by atoms with Gasteiger partial charge in [0.25, 0.3) is 11.7 Å². The average molecular weight is 443 g/mol. The minimum absolute atomic E-state index is 0.280. The number of nitrogens with zero attached hydrogens (tertiary/aromatic N) is 1. The third-order valence-corrected chi connectivity index (χ3v) is 5.77. The summed E-state index contributed by atoms with van der Waals surface area (Å²) >= 11 is 18.5. The zero-order valence-corrected chi connectivity index (χ0v) is 17.2. The van der Waals surface area contributed by atoms with Crippen LogP contribution in [0.25, 0.3) is 0 Å². The normalized spacial score (nSPS) is 17.8. The molecule has 148 valence electrons. The second-order valence-electron chi connectivity index (χ2n) is 6.54. The molecule has 0 unspecified atom stereocenters. The van der Waals surface area contributed by atoms with Crippen molar-refractivity contribution in [3.05, 3.63) is 57.0 Å². The topological polar surface area (TPSA) is 48.0 Å². The summed E-state index contributed by atoms with van der Waals surface area (Å²) in [6.07, 6.45) is 1.33. The largest absolute Gasteiger partial charge is 0.494 e. The number of ether oxygens (including phenoxy) is 3. The molecule has 28 heavy (non-hydrogen) atoms. The number of amides is 1. The van der Waals surface area contributed by atoms with Crippen molar-refractivity contribution in [1.29, 1.82) is 0 Å². The van der Waals surface area contributed by atoms with Gasteiger partial charge in [0.15, 0.2) is 0 Å². The molecule has 1 fully saturated rings. The summed E-state index contributed by atoms with van der Waals surface area (Å²) in [6.45, 7) is 1.71. The molecule has 0 radical (unpaired) electrons. The first-order valence-electron chi connectivity index (χ1n) is 8.99. The van der Waals surface area contributed by atoms with Crippen molar-refractivity contribution in [2.45, 2.75) is 18.6 Å². The summed E-state index contributed by atoms with van der Waals surface area (Å²) < 4.78 is 17.4. The van der Waals surface area contributed by atoms with Crippen LogP contribution in [0.3, 0.4) is 0 Å². The fourth-order valence-corrected chi connectivity index (χ4v) is 3.98. The number of fused-ring (bicyclic) bond motifs is 2. The molecule has 0 bridgehead atoms. The van der Waals surface area contributed by atoms with Gasteiger partial charge >= 0.3 is 0 Å². The highest BCUT2D eigenvalue weighted by atomic mass is 35.5. The van der Waals surface area contributed by atoms with Crippen molar-refractivity contribution in [2.24, 2.45) is 0 Å². The van der Waals surface area contributed by atoms with Crippen molar-refractivity contribution < 1.29 is 19.0 Å². The van der Waals surface area contributed by atoms with Gasteiger partial charge in [0.2, 0.25) is 0 Å². The van der Waals surface area contributed by atoms with Crippen LogP contribution >= 0.6 is 34.8 Å². The molecular weight excluding hydrogens is 425 g/mol. The first-order valence-corrected chi connectivity index (χ1v) is 10.1. The van der Waals surface area contributed by atoms with Crippen LogP contribution < -0.4 is 9.64 Å². The third kappa shape index (κ3) is 3.46. The van der Waals surface area contributed by atoms with Crippen LogP contribution in [-0.2, 0) is 20.1 Å². The number of benzene rings is 2. The molecule has 4 rings (SSSR count). The Morgan fingerprint density at radius 3 is 2.46 bits per heavy atom. The van der Waals surface area contributed by atoms with Gasteiger partial charge in [-0.3, -0.25) is 4.79 Å². The van der Waals surface area contributed by atoms with Crippen LogP contribution in [0.1, 0.15) is 18.4 Å². The van der Waals surface area contributed by atoms with Gasteiger partial charge in [-0.25, -0.2) is 0 Å². The van der Waals surface area contributed by atoms with Crippen LogP contribution in [0.15, 0.2) is 36.4 Å². The molecule has 2 aromatic rings. The van der Waals surface area contributed by atoms with E-state index in [1.807, 2.05) is 0 Å². The highest BCUT2D eigenvalue weighted by Gasteiger charge is 2.55. The van der Waals surface area contributed by atoms with Crippen LogP contribution in [0.5, 0.6) is 5.75 Å². The van der Waals surface area contributed by atoms with Gasteiger partial charge in [0, 0.05) is 17.1 Å². The number of rotatable bonds is 5. The molecule has 0 atom stereocenters. The summed E-state index contributed by atoms with van der Waals surface area (Å²) in [5.74, 6) is -0.995. The summed E-state index contributed by atoms with van der Waals surface area (Å²) in [6, 6.07) is 10.5. The summed E-state index contributed by atoms with van der Waals surface area (Å²) in [7, 11) is 0. The molecule has 2 heterocycles. The van der Waals surface area contributed by atoms with Crippen molar-refractivity contribution in [3.63, 3.8) is 0 Å². The molecule has 1 saturated heterocycles. The fourth-order valence-electron chi connectivity index (χ4n) is 3.43. The summed E-state index contributed by atoms with van der Waals surface area (Å²) in [4.78, 5) is 14.8. The van der Waals surface area contributed by atoms with E-state index in [0.29, 0.717) is 64.9 Å². The van der Waals surface area contributed by atoms with Crippen molar-refractivity contribution in [1.82, 2.24) is 0 Å². The SMILES string of the molecule is O=C1N(CCCOc2ccc(Cl)cc2)c2c(ccc(Cl)c2Cl)C12OCCCO2. The monoisotopic (exact) mass is 441 g/mol. The number of halogens is 3. The lowest BCUT2D eigenvalue weighted by Crippen LogP contribution is -2.47. The Morgan fingerprint density at radius 2 is 1.75 bits per heavy atom. The van der Waals surface area contributed by atoms with E-state index in [4.69, 9.17) is 49.0 Å². The Labute approximate surface area is 178 Å². The van der Waals surface area contributed by atoms with E-state index in [9.17, 15) is 4.79 Å². The van der Waals surface area contributed by atoms with Crippen LogP contribution in [0, 0.1) is 0 Å². The molecule has 2 aliphatic heterocycles. The highest BCUT2D eigenvalue weighted by molar-refractivity contribution is 6.44. The van der Waals surface area contributed by atoms with E-state index >= 15 is 0 Å². The van der Waals surface area contributed by atoms with Gasteiger partial charge in [0.1, 0.15) is 5.75 Å². The first-order chi connectivity index (χ1) is 13.5. The summed E-state index contributed by atoms with van der Waals surface area (Å²) in [5.41, 5.74) is 1.15. The first kappa shape index (κ1) is 19.8. The maximum atomic E-state index is 13.2. The van der Waals surface area contributed by atoms with Crippen LogP contribution in [-0.4, -0.2) is 32.3 Å². The maximum Gasteiger partial charge on any atom is 0.292 e. The second kappa shape index (κ2) is 8.09. The predicted octanol–water partition coefficient (Wildman–Crippen LogP) is 5.05. The van der Waals surface area contributed by atoms with Gasteiger partial charge in [-0.1, -0.05) is 34.8 Å². The van der Waals surface area contributed by atoms with Crippen molar-refractivity contribution in [3.8, 4) is 5.75 Å². The molecule has 2 aromatic carbocycles. The van der Waals surface area contributed by atoms with Gasteiger partial charge in [-0.05, 0) is 49.2 Å². The molecular formula is C20H18Cl3NO4. The van der Waals surface area contributed by atoms with E-state index in [2.05, 4.69) is 0 Å². The molecule has 8 heteroatoms. The van der Waals surface area contributed by atoms with Gasteiger partial charge in [-0.2, -0.15) is 0 Å². The van der Waals surface area contributed by atoms with Crippen LogP contribution in [0.4, 0.5) is 5.69 Å². The van der Waals surface area contributed by atoms with Gasteiger partial charge < -0.3 is 19.1 Å². The molecule has 0 aliphatic carbocycles. The second-order valence-corrected chi connectivity index (χ2v) is 7.76. The van der Waals surface area contributed by atoms with E-state index in [0.717, 1.165) is 6.42 Å². The molecule has 0 aromatic heterocycles. The number of hydrogen-bond donors (Lipinski definition) is 0. The Morgan fingerprint density at radius 1 is 1.04 bits per heavy atom. The lowest BCUT2D eigenvalue weighted by Gasteiger charge is -2.32. The van der Waals surface area contributed by atoms with E-state index in [1.165, 1.54) is 0 Å². The van der Waals surface area contributed by atoms with E-state index < -0.39 is 5.79 Å². The number of carbonyl (C=O) groups is 1. The lowest BCUT2D eigenvalue weighted by molar-refractivity contribution is -0.256. The molecule has 1 amide bonds.